The topological polar surface area (TPSA) is 64.5 Å². The third-order valence-electron chi connectivity index (χ3n) is 4.08. The molecule has 0 bridgehead atoms. The highest BCUT2D eigenvalue weighted by Gasteiger charge is 2.28. The Labute approximate surface area is 142 Å². The van der Waals surface area contributed by atoms with Crippen molar-refractivity contribution in [2.75, 3.05) is 19.8 Å². The van der Waals surface area contributed by atoms with Crippen molar-refractivity contribution in [1.82, 2.24) is 0 Å². The van der Waals surface area contributed by atoms with Crippen LogP contribution >= 0.6 is 0 Å². The molecule has 0 fully saturated rings. The fourth-order valence-electron chi connectivity index (χ4n) is 2.60. The van der Waals surface area contributed by atoms with Crippen molar-refractivity contribution >= 4 is 0 Å². The number of quaternary nitrogens is 1. The number of aliphatic hydroxyl groups is 1. The summed E-state index contributed by atoms with van der Waals surface area (Å²) in [7, 11) is 0. The summed E-state index contributed by atoms with van der Waals surface area (Å²) in [4.78, 5) is 0. The number of benzene rings is 2. The molecule has 0 spiro atoms. The van der Waals surface area contributed by atoms with Gasteiger partial charge >= 0.3 is 0 Å². The quantitative estimate of drug-likeness (QED) is 0.801. The minimum atomic E-state index is -0.538. The van der Waals surface area contributed by atoms with Crippen LogP contribution in [-0.4, -0.2) is 43.1 Å². The van der Waals surface area contributed by atoms with Gasteiger partial charge in [-0.25, -0.2) is 0 Å². The molecule has 5 nitrogen and oxygen atoms in total. The van der Waals surface area contributed by atoms with Crippen LogP contribution in [0.1, 0.15) is 6.92 Å². The van der Waals surface area contributed by atoms with Gasteiger partial charge in [0.05, 0.1) is 0 Å². The maximum atomic E-state index is 10.1. The third kappa shape index (κ3) is 4.40. The molecule has 0 aliphatic carbocycles. The summed E-state index contributed by atoms with van der Waals surface area (Å²) in [5.41, 5.74) is 0. The molecule has 2 aromatic rings. The summed E-state index contributed by atoms with van der Waals surface area (Å²) in [6, 6.07) is 17.4. The van der Waals surface area contributed by atoms with E-state index in [1.54, 1.807) is 0 Å². The van der Waals surface area contributed by atoms with E-state index in [9.17, 15) is 5.11 Å². The molecule has 0 unspecified atom stereocenters. The number of hydrogen-bond acceptors (Lipinski definition) is 4. The van der Waals surface area contributed by atoms with Crippen LogP contribution in [0.3, 0.4) is 0 Å². The number of rotatable bonds is 7. The Hall–Kier alpha value is -2.24. The Morgan fingerprint density at radius 2 is 1.83 bits per heavy atom. The largest absolute Gasteiger partial charge is 0.491 e. The molecule has 5 heteroatoms. The molecule has 0 radical (unpaired) electrons. The average molecular weight is 330 g/mol. The second kappa shape index (κ2) is 8.04. The standard InChI is InChI=1S/C19H23NO4/c1-14(19-13-23-17-9-5-6-10-18(17)24-19)20-11-15(21)12-22-16-7-3-2-4-8-16/h2-10,14-15,19-21H,11-13H2,1H3/p+1/t14-,15-,19-/m0/s1. The van der Waals surface area contributed by atoms with Gasteiger partial charge in [-0.15, -0.1) is 0 Å². The van der Waals surface area contributed by atoms with E-state index in [0.717, 1.165) is 17.2 Å². The third-order valence-corrected chi connectivity index (χ3v) is 4.08. The monoisotopic (exact) mass is 330 g/mol. The van der Waals surface area contributed by atoms with Gasteiger partial charge in [-0.1, -0.05) is 30.3 Å². The van der Waals surface area contributed by atoms with Crippen LogP contribution in [-0.2, 0) is 0 Å². The van der Waals surface area contributed by atoms with Crippen molar-refractivity contribution in [2.24, 2.45) is 0 Å². The van der Waals surface area contributed by atoms with E-state index in [4.69, 9.17) is 14.2 Å². The first kappa shape index (κ1) is 16.6. The fourth-order valence-corrected chi connectivity index (χ4v) is 2.60. The second-order valence-electron chi connectivity index (χ2n) is 6.02. The zero-order valence-electron chi connectivity index (χ0n) is 13.8. The molecule has 1 aliphatic heterocycles. The first-order valence-corrected chi connectivity index (χ1v) is 8.30. The van der Waals surface area contributed by atoms with E-state index in [0.29, 0.717) is 13.2 Å². The summed E-state index contributed by atoms with van der Waals surface area (Å²) < 4.78 is 17.3. The normalized spacial score (nSPS) is 18.7. The van der Waals surface area contributed by atoms with E-state index in [1.165, 1.54) is 0 Å². The van der Waals surface area contributed by atoms with Crippen molar-refractivity contribution in [3.8, 4) is 17.2 Å². The molecule has 24 heavy (non-hydrogen) atoms. The van der Waals surface area contributed by atoms with Crippen molar-refractivity contribution in [2.45, 2.75) is 25.2 Å². The Morgan fingerprint density at radius 3 is 2.62 bits per heavy atom. The summed E-state index contributed by atoms with van der Waals surface area (Å²) in [6.45, 7) is 3.42. The highest BCUT2D eigenvalue weighted by molar-refractivity contribution is 5.40. The van der Waals surface area contributed by atoms with Gasteiger partial charge in [0.1, 0.15) is 37.7 Å². The summed E-state index contributed by atoms with van der Waals surface area (Å²) >= 11 is 0. The lowest BCUT2D eigenvalue weighted by molar-refractivity contribution is -0.698. The first-order valence-electron chi connectivity index (χ1n) is 8.30. The van der Waals surface area contributed by atoms with Crippen LogP contribution in [0.15, 0.2) is 54.6 Å². The molecule has 0 amide bonds. The molecule has 1 aliphatic rings. The number of para-hydroxylation sites is 3. The molecular formula is C19H24NO4+. The minimum Gasteiger partial charge on any atom is -0.491 e. The second-order valence-corrected chi connectivity index (χ2v) is 6.02. The molecule has 1 heterocycles. The van der Waals surface area contributed by atoms with Gasteiger partial charge in [0.25, 0.3) is 0 Å². The lowest BCUT2D eigenvalue weighted by Crippen LogP contribution is -2.94. The zero-order chi connectivity index (χ0) is 16.8. The van der Waals surface area contributed by atoms with Crippen molar-refractivity contribution in [3.63, 3.8) is 0 Å². The Bertz CT molecular complexity index is 634. The van der Waals surface area contributed by atoms with E-state index < -0.39 is 6.10 Å². The summed E-state index contributed by atoms with van der Waals surface area (Å²) in [6.07, 6.45) is -0.577. The molecule has 3 N–H and O–H groups in total. The first-order chi connectivity index (χ1) is 11.7. The lowest BCUT2D eigenvalue weighted by Gasteiger charge is -2.29. The van der Waals surface area contributed by atoms with E-state index in [1.807, 2.05) is 54.6 Å². The summed E-state index contributed by atoms with van der Waals surface area (Å²) in [5.74, 6) is 2.34. The smallest absolute Gasteiger partial charge is 0.184 e. The minimum absolute atomic E-state index is 0.0397. The fraction of sp³-hybridized carbons (Fsp3) is 0.368. The van der Waals surface area contributed by atoms with Crippen LogP contribution in [0.25, 0.3) is 0 Å². The average Bonchev–Trinajstić information content (AvgIpc) is 2.65. The highest BCUT2D eigenvalue weighted by atomic mass is 16.6. The zero-order valence-corrected chi connectivity index (χ0v) is 13.8. The van der Waals surface area contributed by atoms with Crippen LogP contribution < -0.4 is 19.5 Å². The van der Waals surface area contributed by atoms with E-state index in [-0.39, 0.29) is 18.8 Å². The van der Waals surface area contributed by atoms with Gasteiger partial charge in [-0.3, -0.25) is 0 Å². The molecule has 0 aromatic heterocycles. The van der Waals surface area contributed by atoms with Crippen molar-refractivity contribution in [3.05, 3.63) is 54.6 Å². The van der Waals surface area contributed by atoms with Gasteiger partial charge in [0.2, 0.25) is 0 Å². The van der Waals surface area contributed by atoms with Gasteiger partial charge in [0, 0.05) is 0 Å². The lowest BCUT2D eigenvalue weighted by atomic mass is 10.1. The van der Waals surface area contributed by atoms with Crippen LogP contribution in [0, 0.1) is 0 Å². The number of fused-ring (bicyclic) bond motifs is 1. The van der Waals surface area contributed by atoms with Gasteiger partial charge in [-0.05, 0) is 31.2 Å². The molecule has 3 atom stereocenters. The molecule has 0 saturated heterocycles. The van der Waals surface area contributed by atoms with E-state index >= 15 is 0 Å². The molecule has 3 rings (SSSR count). The van der Waals surface area contributed by atoms with Gasteiger partial charge < -0.3 is 24.6 Å². The predicted octanol–water partition coefficient (Wildman–Crippen LogP) is 1.22. The maximum Gasteiger partial charge on any atom is 0.184 e. The number of aliphatic hydroxyl groups excluding tert-OH is 1. The number of nitrogens with two attached hydrogens (primary N) is 1. The van der Waals surface area contributed by atoms with E-state index in [2.05, 4.69) is 12.2 Å². The van der Waals surface area contributed by atoms with Crippen LogP contribution in [0.2, 0.25) is 0 Å². The number of ether oxygens (including phenoxy) is 3. The molecule has 0 saturated carbocycles. The Balaban J connectivity index is 1.41. The van der Waals surface area contributed by atoms with Gasteiger partial charge in [0.15, 0.2) is 17.6 Å². The highest BCUT2D eigenvalue weighted by Crippen LogP contribution is 2.31. The molecular weight excluding hydrogens is 306 g/mol. The Kier molecular flexibility index (Phi) is 5.56. The maximum absolute atomic E-state index is 10.1. The van der Waals surface area contributed by atoms with Crippen LogP contribution in [0.5, 0.6) is 17.2 Å². The molecule has 2 aromatic carbocycles. The Morgan fingerprint density at radius 1 is 1.12 bits per heavy atom. The van der Waals surface area contributed by atoms with Gasteiger partial charge in [-0.2, -0.15) is 0 Å². The number of hydrogen-bond donors (Lipinski definition) is 2. The summed E-state index contributed by atoms with van der Waals surface area (Å²) in [5, 5.41) is 12.2. The van der Waals surface area contributed by atoms with Crippen molar-refractivity contribution < 1.29 is 24.6 Å². The van der Waals surface area contributed by atoms with Crippen LogP contribution in [0.4, 0.5) is 0 Å². The molecule has 128 valence electrons. The van der Waals surface area contributed by atoms with Crippen molar-refractivity contribution in [1.29, 1.82) is 0 Å². The predicted molar refractivity (Wildman–Crippen MR) is 90.6 cm³/mol. The SMILES string of the molecule is C[C@H]([NH2+]C[C@H](O)COc1ccccc1)[C@@H]1COc2ccccc2O1.